The van der Waals surface area contributed by atoms with Gasteiger partial charge in [0.05, 0.1) is 19.6 Å². The topological polar surface area (TPSA) is 104 Å². The number of oxazole rings is 1. The maximum Gasteiger partial charge on any atom is 0.237 e. The summed E-state index contributed by atoms with van der Waals surface area (Å²) >= 11 is 0. The van der Waals surface area contributed by atoms with Crippen LogP contribution in [0.1, 0.15) is 32.9 Å². The Labute approximate surface area is 237 Å². The standard InChI is InChI=1S/C32H30N6O3/c1-19-23(7-5-9-25(19)32-36-27-15-38(16-28(27)41-32)29(40)17-37(3)4)24-8-6-10-26(20(24)2)35-31-30-22(11-12-33-31)13-21(18-39)14-34-30/h5-14,18H,15-17H2,1-4H3,(H,33,35). The van der Waals surface area contributed by atoms with E-state index in [1.54, 1.807) is 23.4 Å². The number of hydrogen-bond donors (Lipinski definition) is 1. The Morgan fingerprint density at radius 1 is 1.02 bits per heavy atom. The second kappa shape index (κ2) is 10.6. The number of anilines is 2. The van der Waals surface area contributed by atoms with E-state index in [2.05, 4.69) is 41.3 Å². The zero-order valence-corrected chi connectivity index (χ0v) is 23.4. The van der Waals surface area contributed by atoms with E-state index in [-0.39, 0.29) is 5.91 Å². The van der Waals surface area contributed by atoms with E-state index < -0.39 is 0 Å². The van der Waals surface area contributed by atoms with Crippen LogP contribution in [-0.2, 0) is 17.9 Å². The number of aromatic nitrogens is 3. The van der Waals surface area contributed by atoms with E-state index >= 15 is 0 Å². The summed E-state index contributed by atoms with van der Waals surface area (Å²) in [5, 5.41) is 4.29. The van der Waals surface area contributed by atoms with Crippen LogP contribution in [0.25, 0.3) is 33.5 Å². The van der Waals surface area contributed by atoms with Crippen molar-refractivity contribution in [1.29, 1.82) is 0 Å². The Morgan fingerprint density at radius 2 is 1.78 bits per heavy atom. The minimum atomic E-state index is 0.0621. The van der Waals surface area contributed by atoms with Gasteiger partial charge in [-0.2, -0.15) is 0 Å². The molecule has 1 N–H and O–H groups in total. The molecule has 206 valence electrons. The summed E-state index contributed by atoms with van der Waals surface area (Å²) in [7, 11) is 3.77. The SMILES string of the molecule is Cc1c(Nc2nccc3cc(C=O)cnc23)cccc1-c1cccc(-c2nc3c(o2)CN(C(=O)CN(C)C)C3)c1C. The van der Waals surface area contributed by atoms with E-state index in [9.17, 15) is 9.59 Å². The Balaban J connectivity index is 1.30. The van der Waals surface area contributed by atoms with E-state index in [1.165, 1.54) is 0 Å². The van der Waals surface area contributed by atoms with Gasteiger partial charge in [-0.05, 0) is 74.5 Å². The largest absolute Gasteiger partial charge is 0.439 e. The number of aldehydes is 1. The van der Waals surface area contributed by atoms with E-state index in [4.69, 9.17) is 9.40 Å². The molecule has 0 radical (unpaired) electrons. The zero-order chi connectivity index (χ0) is 28.7. The molecule has 0 unspecified atom stereocenters. The molecule has 6 rings (SSSR count). The summed E-state index contributed by atoms with van der Waals surface area (Å²) in [4.78, 5) is 41.1. The van der Waals surface area contributed by atoms with Crippen molar-refractivity contribution in [3.8, 4) is 22.6 Å². The number of amides is 1. The summed E-state index contributed by atoms with van der Waals surface area (Å²) in [6, 6.07) is 15.9. The highest BCUT2D eigenvalue weighted by Crippen LogP contribution is 2.37. The van der Waals surface area contributed by atoms with Crippen molar-refractivity contribution in [1.82, 2.24) is 24.8 Å². The number of likely N-dealkylation sites (N-methyl/N-ethyl adjacent to an activating group) is 1. The molecular weight excluding hydrogens is 516 g/mol. The van der Waals surface area contributed by atoms with Crippen molar-refractivity contribution in [2.45, 2.75) is 26.9 Å². The van der Waals surface area contributed by atoms with Crippen molar-refractivity contribution >= 4 is 34.6 Å². The van der Waals surface area contributed by atoms with Gasteiger partial charge in [-0.25, -0.2) is 9.97 Å². The van der Waals surface area contributed by atoms with Gasteiger partial charge in [-0.3, -0.25) is 14.6 Å². The average Bonchev–Trinajstić information content (AvgIpc) is 3.54. The minimum Gasteiger partial charge on any atom is -0.439 e. The van der Waals surface area contributed by atoms with Gasteiger partial charge in [0.15, 0.2) is 12.1 Å². The molecule has 1 amide bonds. The van der Waals surface area contributed by atoms with Crippen molar-refractivity contribution in [2.24, 2.45) is 0 Å². The number of nitrogens with zero attached hydrogens (tertiary/aromatic N) is 5. The molecule has 1 aliphatic heterocycles. The summed E-state index contributed by atoms with van der Waals surface area (Å²) in [6.07, 6.45) is 4.05. The molecule has 41 heavy (non-hydrogen) atoms. The lowest BCUT2D eigenvalue weighted by Crippen LogP contribution is -2.34. The quantitative estimate of drug-likeness (QED) is 0.266. The van der Waals surface area contributed by atoms with E-state index in [1.807, 2.05) is 49.3 Å². The van der Waals surface area contributed by atoms with Gasteiger partial charge in [0.1, 0.15) is 17.0 Å². The maximum atomic E-state index is 12.5. The van der Waals surface area contributed by atoms with Crippen molar-refractivity contribution in [3.63, 3.8) is 0 Å². The number of carbonyl (C=O) groups excluding carboxylic acids is 2. The first kappa shape index (κ1) is 26.3. The molecule has 0 bridgehead atoms. The van der Waals surface area contributed by atoms with Gasteiger partial charge < -0.3 is 19.5 Å². The predicted octanol–water partition coefficient (Wildman–Crippen LogP) is 5.53. The van der Waals surface area contributed by atoms with Crippen molar-refractivity contribution < 1.29 is 14.0 Å². The normalized spacial score (nSPS) is 12.7. The average molecular weight is 547 g/mol. The lowest BCUT2D eigenvalue weighted by Gasteiger charge is -2.18. The molecule has 5 aromatic rings. The number of hydrogen-bond acceptors (Lipinski definition) is 8. The zero-order valence-electron chi connectivity index (χ0n) is 23.4. The van der Waals surface area contributed by atoms with Gasteiger partial charge in [-0.15, -0.1) is 0 Å². The second-order valence-corrected chi connectivity index (χ2v) is 10.6. The highest BCUT2D eigenvalue weighted by Gasteiger charge is 2.29. The number of fused-ring (bicyclic) bond motifs is 2. The predicted molar refractivity (Wildman–Crippen MR) is 158 cm³/mol. The summed E-state index contributed by atoms with van der Waals surface area (Å²) in [6.45, 7) is 5.41. The van der Waals surface area contributed by atoms with Crippen LogP contribution in [0.5, 0.6) is 0 Å². The lowest BCUT2D eigenvalue weighted by atomic mass is 9.93. The molecule has 0 saturated heterocycles. The second-order valence-electron chi connectivity index (χ2n) is 10.6. The number of pyridine rings is 2. The molecule has 4 heterocycles. The Hall–Kier alpha value is -4.89. The third-order valence-corrected chi connectivity index (χ3v) is 7.46. The molecule has 1 aliphatic rings. The van der Waals surface area contributed by atoms with Gasteiger partial charge in [0.2, 0.25) is 11.8 Å². The summed E-state index contributed by atoms with van der Waals surface area (Å²) in [5.74, 6) is 2.00. The maximum absolute atomic E-state index is 12.5. The van der Waals surface area contributed by atoms with Crippen molar-refractivity contribution in [3.05, 3.63) is 89.1 Å². The Morgan fingerprint density at radius 3 is 2.54 bits per heavy atom. The minimum absolute atomic E-state index is 0.0621. The van der Waals surface area contributed by atoms with Gasteiger partial charge in [-0.1, -0.05) is 24.3 Å². The van der Waals surface area contributed by atoms with Crippen LogP contribution in [-0.4, -0.2) is 57.6 Å². The number of benzene rings is 2. The number of carbonyl (C=O) groups is 2. The van der Waals surface area contributed by atoms with Gasteiger partial charge in [0.25, 0.3) is 0 Å². The monoisotopic (exact) mass is 546 g/mol. The molecule has 2 aromatic carbocycles. The molecule has 0 aliphatic carbocycles. The summed E-state index contributed by atoms with van der Waals surface area (Å²) in [5.41, 5.74) is 8.12. The number of nitrogens with one attached hydrogen (secondary N) is 1. The van der Waals surface area contributed by atoms with Crippen LogP contribution < -0.4 is 5.32 Å². The first-order valence-electron chi connectivity index (χ1n) is 13.4. The molecule has 9 nitrogen and oxygen atoms in total. The molecule has 0 saturated carbocycles. The van der Waals surface area contributed by atoms with Crippen LogP contribution in [0.3, 0.4) is 0 Å². The van der Waals surface area contributed by atoms with Gasteiger partial charge in [0, 0.05) is 34.6 Å². The molecule has 0 spiro atoms. The fourth-order valence-corrected chi connectivity index (χ4v) is 5.28. The third-order valence-electron chi connectivity index (χ3n) is 7.46. The van der Waals surface area contributed by atoms with E-state index in [0.29, 0.717) is 42.4 Å². The van der Waals surface area contributed by atoms with Crippen LogP contribution in [0.15, 0.2) is 65.3 Å². The van der Waals surface area contributed by atoms with Crippen LogP contribution in [0.4, 0.5) is 11.5 Å². The highest BCUT2D eigenvalue weighted by atomic mass is 16.4. The summed E-state index contributed by atoms with van der Waals surface area (Å²) < 4.78 is 6.19. The Kier molecular flexibility index (Phi) is 6.80. The fourth-order valence-electron chi connectivity index (χ4n) is 5.28. The smallest absolute Gasteiger partial charge is 0.237 e. The van der Waals surface area contributed by atoms with Gasteiger partial charge >= 0.3 is 0 Å². The molecule has 0 fully saturated rings. The molecule has 9 heteroatoms. The van der Waals surface area contributed by atoms with E-state index in [0.717, 1.165) is 56.6 Å². The lowest BCUT2D eigenvalue weighted by molar-refractivity contribution is -0.132. The van der Waals surface area contributed by atoms with Crippen LogP contribution in [0, 0.1) is 13.8 Å². The third kappa shape index (κ3) is 4.96. The first-order chi connectivity index (χ1) is 19.8. The first-order valence-corrected chi connectivity index (χ1v) is 13.4. The van der Waals surface area contributed by atoms with Crippen LogP contribution in [0.2, 0.25) is 0 Å². The van der Waals surface area contributed by atoms with Crippen molar-refractivity contribution in [2.75, 3.05) is 26.0 Å². The highest BCUT2D eigenvalue weighted by molar-refractivity contribution is 5.93. The molecule has 3 aromatic heterocycles. The molecular formula is C32H30N6O3. The van der Waals surface area contributed by atoms with Crippen LogP contribution >= 0.6 is 0 Å². The molecule has 0 atom stereocenters. The fraction of sp³-hybridized carbons (Fsp3) is 0.219. The number of rotatable bonds is 7. The Bertz CT molecular complexity index is 1790.